The van der Waals surface area contributed by atoms with Gasteiger partial charge in [-0.05, 0) is 44.0 Å². The molecule has 1 aromatic carbocycles. The number of likely N-dealkylation sites (N-methyl/N-ethyl adjacent to an activating group) is 1. The Morgan fingerprint density at radius 1 is 1.14 bits per heavy atom. The van der Waals surface area contributed by atoms with Crippen molar-refractivity contribution in [3.05, 3.63) is 29.0 Å². The van der Waals surface area contributed by atoms with Crippen molar-refractivity contribution < 1.29 is 27.8 Å². The first-order chi connectivity index (χ1) is 20.2. The van der Waals surface area contributed by atoms with Crippen LogP contribution in [0.3, 0.4) is 0 Å². The zero-order valence-electron chi connectivity index (χ0n) is 23.4. The van der Waals surface area contributed by atoms with Crippen LogP contribution in [0.4, 0.5) is 25.2 Å². The number of carbonyl (C=O) groups is 2. The summed E-state index contributed by atoms with van der Waals surface area (Å²) in [6, 6.07) is 0. The van der Waals surface area contributed by atoms with E-state index in [1.807, 2.05) is 19.0 Å². The zero-order chi connectivity index (χ0) is 29.2. The van der Waals surface area contributed by atoms with Crippen LogP contribution in [0.15, 0.2) is 6.20 Å². The number of carbonyl (C=O) groups excluding carboxylic acids is 2. The maximum atomic E-state index is 15.7. The van der Waals surface area contributed by atoms with Crippen LogP contribution in [0, 0.1) is 17.6 Å². The fourth-order valence-corrected chi connectivity index (χ4v) is 6.44. The van der Waals surface area contributed by atoms with Crippen LogP contribution >= 0.6 is 0 Å². The lowest BCUT2D eigenvalue weighted by molar-refractivity contribution is -0.118. The molecule has 13 nitrogen and oxygen atoms in total. The molecule has 15 heteroatoms. The predicted molar refractivity (Wildman–Crippen MR) is 145 cm³/mol. The number of piperidine rings is 1. The minimum Gasteiger partial charge on any atom is -0.465 e. The van der Waals surface area contributed by atoms with Crippen molar-refractivity contribution in [3.63, 3.8) is 0 Å². The van der Waals surface area contributed by atoms with E-state index in [4.69, 9.17) is 9.47 Å². The normalized spacial score (nSPS) is 21.5. The van der Waals surface area contributed by atoms with Crippen LogP contribution in [0.2, 0.25) is 0 Å². The van der Waals surface area contributed by atoms with Gasteiger partial charge in [-0.3, -0.25) is 9.69 Å². The van der Waals surface area contributed by atoms with Crippen molar-refractivity contribution in [2.45, 2.75) is 37.8 Å². The molecule has 4 aliphatic rings. The molecule has 0 bridgehead atoms. The lowest BCUT2D eigenvalue weighted by Crippen LogP contribution is -2.48. The Bertz CT molecular complexity index is 1590. The molecule has 7 rings (SSSR count). The van der Waals surface area contributed by atoms with Crippen molar-refractivity contribution >= 4 is 34.7 Å². The largest absolute Gasteiger partial charge is 0.465 e. The summed E-state index contributed by atoms with van der Waals surface area (Å²) in [5.41, 5.74) is 0.312. The number of hydrogen-bond acceptors (Lipinski definition) is 10. The highest BCUT2D eigenvalue weighted by Crippen LogP contribution is 2.39. The Morgan fingerprint density at radius 2 is 1.90 bits per heavy atom. The van der Waals surface area contributed by atoms with Crippen molar-refractivity contribution in [2.24, 2.45) is 5.92 Å². The van der Waals surface area contributed by atoms with Crippen LogP contribution in [-0.4, -0.2) is 106 Å². The summed E-state index contributed by atoms with van der Waals surface area (Å²) < 4.78 is 43.7. The number of ether oxygens (including phenoxy) is 2. The monoisotopic (exact) mass is 583 g/mol. The summed E-state index contributed by atoms with van der Waals surface area (Å²) in [6.45, 7) is 3.29. The van der Waals surface area contributed by atoms with E-state index in [0.29, 0.717) is 76.1 Å². The van der Waals surface area contributed by atoms with E-state index >= 15 is 8.78 Å². The van der Waals surface area contributed by atoms with E-state index in [0.717, 1.165) is 0 Å². The van der Waals surface area contributed by atoms with Crippen LogP contribution in [0.25, 0.3) is 11.0 Å². The van der Waals surface area contributed by atoms with Gasteiger partial charge in [-0.2, -0.15) is 0 Å². The minimum absolute atomic E-state index is 0.00306. The highest BCUT2D eigenvalue weighted by molar-refractivity contribution is 5.94. The molecular weight excluding hydrogens is 552 g/mol. The third kappa shape index (κ3) is 4.60. The highest BCUT2D eigenvalue weighted by Gasteiger charge is 2.48. The third-order valence-corrected chi connectivity index (χ3v) is 8.64. The summed E-state index contributed by atoms with van der Waals surface area (Å²) in [5.74, 6) is -0.492. The average Bonchev–Trinajstić information content (AvgIpc) is 3.67. The van der Waals surface area contributed by atoms with Crippen LogP contribution in [0.1, 0.15) is 24.0 Å². The molecule has 3 aliphatic heterocycles. The molecule has 2 fully saturated rings. The fourth-order valence-electron chi connectivity index (χ4n) is 6.44. The van der Waals surface area contributed by atoms with Gasteiger partial charge in [0.2, 0.25) is 0 Å². The number of rotatable bonds is 6. The quantitative estimate of drug-likeness (QED) is 0.457. The Labute approximate surface area is 239 Å². The SMILES string of the molecule is CN(C)CCn1nnc2c(F)c3c(c(F)c21)CC(CN1CCC2(CC1)CN(c1cnc4c(n1)NC(=O)CO4)C(=O)O2)C3. The number of fused-ring (bicyclic) bond motifs is 3. The number of amides is 2. The van der Waals surface area contributed by atoms with Crippen molar-refractivity contribution in [1.29, 1.82) is 0 Å². The van der Waals surface area contributed by atoms with Crippen molar-refractivity contribution in [2.75, 3.05) is 63.6 Å². The van der Waals surface area contributed by atoms with Gasteiger partial charge in [0, 0.05) is 39.0 Å². The van der Waals surface area contributed by atoms with Gasteiger partial charge >= 0.3 is 6.09 Å². The number of nitrogens with one attached hydrogen (secondary N) is 1. The maximum absolute atomic E-state index is 15.7. The summed E-state index contributed by atoms with van der Waals surface area (Å²) in [7, 11) is 3.82. The Balaban J connectivity index is 0.996. The number of hydrogen-bond donors (Lipinski definition) is 1. The lowest BCUT2D eigenvalue weighted by Gasteiger charge is -2.38. The van der Waals surface area contributed by atoms with E-state index in [1.165, 1.54) is 15.8 Å². The second-order valence-corrected chi connectivity index (χ2v) is 11.8. The molecule has 1 unspecified atom stereocenters. The van der Waals surface area contributed by atoms with Gasteiger partial charge in [-0.15, -0.1) is 5.10 Å². The molecule has 1 N–H and O–H groups in total. The van der Waals surface area contributed by atoms with E-state index in [9.17, 15) is 9.59 Å². The molecule has 0 radical (unpaired) electrons. The predicted octanol–water partition coefficient (Wildman–Crippen LogP) is 1.60. The molecule has 2 saturated heterocycles. The van der Waals surface area contributed by atoms with Crippen LogP contribution in [-0.2, 0) is 28.9 Å². The average molecular weight is 584 g/mol. The first kappa shape index (κ1) is 26.9. The number of nitrogens with zero attached hydrogens (tertiary/aromatic N) is 8. The molecule has 42 heavy (non-hydrogen) atoms. The summed E-state index contributed by atoms with van der Waals surface area (Å²) >= 11 is 0. The van der Waals surface area contributed by atoms with Crippen LogP contribution in [0.5, 0.6) is 5.88 Å². The summed E-state index contributed by atoms with van der Waals surface area (Å²) in [5, 5.41) is 10.6. The second-order valence-electron chi connectivity index (χ2n) is 11.8. The highest BCUT2D eigenvalue weighted by atomic mass is 19.1. The fraction of sp³-hybridized carbons (Fsp3) is 0.556. The molecule has 1 spiro atoms. The molecule has 2 amide bonds. The molecule has 3 aromatic rings. The number of halogens is 2. The van der Waals surface area contributed by atoms with E-state index < -0.39 is 23.3 Å². The summed E-state index contributed by atoms with van der Waals surface area (Å²) in [4.78, 5) is 38.7. The third-order valence-electron chi connectivity index (χ3n) is 8.64. The number of aromatic nitrogens is 5. The van der Waals surface area contributed by atoms with Gasteiger partial charge in [0.1, 0.15) is 11.1 Å². The zero-order valence-corrected chi connectivity index (χ0v) is 23.4. The van der Waals surface area contributed by atoms with Gasteiger partial charge in [0.15, 0.2) is 35.4 Å². The van der Waals surface area contributed by atoms with Gasteiger partial charge in [0.05, 0.1) is 19.3 Å². The molecule has 5 heterocycles. The Hall–Kier alpha value is -3.98. The molecule has 0 saturated carbocycles. The van der Waals surface area contributed by atoms with E-state index in [-0.39, 0.29) is 47.0 Å². The van der Waals surface area contributed by atoms with Gasteiger partial charge < -0.3 is 24.6 Å². The number of benzene rings is 1. The van der Waals surface area contributed by atoms with Crippen LogP contribution < -0.4 is 15.0 Å². The second kappa shape index (κ2) is 10.1. The first-order valence-corrected chi connectivity index (χ1v) is 14.1. The minimum atomic E-state index is -0.663. The summed E-state index contributed by atoms with van der Waals surface area (Å²) in [6.07, 6.45) is 3.05. The smallest absolute Gasteiger partial charge is 0.416 e. The van der Waals surface area contributed by atoms with Gasteiger partial charge in [0.25, 0.3) is 11.8 Å². The van der Waals surface area contributed by atoms with Crippen molar-refractivity contribution in [1.82, 2.24) is 34.8 Å². The van der Waals surface area contributed by atoms with E-state index in [1.54, 1.807) is 0 Å². The van der Waals surface area contributed by atoms with Crippen molar-refractivity contribution in [3.8, 4) is 5.88 Å². The van der Waals surface area contributed by atoms with Gasteiger partial charge in [-0.25, -0.2) is 28.2 Å². The van der Waals surface area contributed by atoms with E-state index in [2.05, 4.69) is 30.5 Å². The molecule has 2 aromatic heterocycles. The number of likely N-dealkylation sites (tertiary alicyclic amines) is 1. The lowest BCUT2D eigenvalue weighted by atomic mass is 9.90. The Kier molecular flexibility index (Phi) is 6.46. The molecular formula is C27H31F2N9O4. The first-order valence-electron chi connectivity index (χ1n) is 14.1. The standard InChI is InChI=1S/C27H31F2N9O4/c1-35(2)7-8-38-23-21(29)17-10-15(9-16(17)20(28)22(23)33-34-38)12-36-5-3-27(4-6-36)14-37(26(40)42-27)18-11-30-25-24(31-18)32-19(39)13-41-25/h11,15H,3-10,12-14H2,1-2H3,(H,31,32,39). The van der Waals surface area contributed by atoms with Gasteiger partial charge in [-0.1, -0.05) is 5.21 Å². The Morgan fingerprint density at radius 3 is 2.67 bits per heavy atom. The number of anilines is 2. The maximum Gasteiger partial charge on any atom is 0.416 e. The molecule has 222 valence electrons. The topological polar surface area (TPSA) is 131 Å². The molecule has 1 aliphatic carbocycles. The molecule has 1 atom stereocenters.